The number of hydrogen-bond acceptors (Lipinski definition) is 5. The minimum atomic E-state index is 0.155. The molecule has 2 aromatic heterocycles. The Balaban J connectivity index is 1.79. The lowest BCUT2D eigenvalue weighted by Crippen LogP contribution is -2.03. The molecule has 0 aliphatic heterocycles. The van der Waals surface area contributed by atoms with Crippen molar-refractivity contribution in [3.05, 3.63) is 76.0 Å². The molecule has 29 heavy (non-hydrogen) atoms. The molecule has 4 aromatic rings. The molecule has 0 unspecified atom stereocenters. The molecule has 0 fully saturated rings. The van der Waals surface area contributed by atoms with Crippen molar-refractivity contribution in [3.8, 4) is 23.1 Å². The molecule has 142 valence electrons. The van der Waals surface area contributed by atoms with E-state index in [0.29, 0.717) is 22.3 Å². The Hall–Kier alpha value is -3.36. The van der Waals surface area contributed by atoms with Gasteiger partial charge in [0.1, 0.15) is 28.2 Å². The molecule has 0 saturated carbocycles. The van der Waals surface area contributed by atoms with E-state index in [1.165, 1.54) is 10.4 Å². The Kier molecular flexibility index (Phi) is 4.42. The summed E-state index contributed by atoms with van der Waals surface area (Å²) < 4.78 is 6.09. The molecule has 1 aliphatic rings. The van der Waals surface area contributed by atoms with Gasteiger partial charge in [-0.05, 0) is 49.4 Å². The Labute approximate surface area is 172 Å². The highest BCUT2D eigenvalue weighted by Gasteiger charge is 2.20. The van der Waals surface area contributed by atoms with Crippen molar-refractivity contribution in [3.63, 3.8) is 0 Å². The summed E-state index contributed by atoms with van der Waals surface area (Å²) in [5, 5.41) is 21.9. The van der Waals surface area contributed by atoms with E-state index in [4.69, 9.17) is 9.41 Å². The second-order valence-corrected chi connectivity index (χ2v) is 8.24. The number of aromatic hydroxyl groups is 1. The van der Waals surface area contributed by atoms with Crippen molar-refractivity contribution in [1.82, 2.24) is 0 Å². The number of nitriles is 1. The maximum Gasteiger partial charge on any atom is 0.137 e. The molecule has 4 nitrogen and oxygen atoms in total. The third-order valence-corrected chi connectivity index (χ3v) is 6.46. The Morgan fingerprint density at radius 2 is 1.86 bits per heavy atom. The number of hydrogen-bond donors (Lipinski definition) is 1. The molecule has 2 aromatic carbocycles. The number of phenols is 1. The smallest absolute Gasteiger partial charge is 0.137 e. The van der Waals surface area contributed by atoms with Crippen LogP contribution >= 0.6 is 11.3 Å². The third kappa shape index (κ3) is 3.22. The lowest BCUT2D eigenvalue weighted by atomic mass is 9.96. The van der Waals surface area contributed by atoms with Crippen LogP contribution in [-0.2, 0) is 12.8 Å². The topological polar surface area (TPSA) is 69.5 Å². The fourth-order valence-corrected chi connectivity index (χ4v) is 5.07. The first-order valence-corrected chi connectivity index (χ1v) is 10.5. The van der Waals surface area contributed by atoms with Crippen molar-refractivity contribution in [2.24, 2.45) is 4.99 Å². The summed E-state index contributed by atoms with van der Waals surface area (Å²) in [6, 6.07) is 19.1. The maximum atomic E-state index is 10.0. The minimum Gasteiger partial charge on any atom is -0.508 e. The van der Waals surface area contributed by atoms with Gasteiger partial charge in [-0.25, -0.2) is 4.99 Å². The lowest BCUT2D eigenvalue weighted by molar-refractivity contribution is 0.475. The highest BCUT2D eigenvalue weighted by Crippen LogP contribution is 2.39. The first-order chi connectivity index (χ1) is 14.2. The van der Waals surface area contributed by atoms with E-state index in [2.05, 4.69) is 6.07 Å². The molecule has 1 N–H and O–H groups in total. The van der Waals surface area contributed by atoms with E-state index in [1.54, 1.807) is 29.5 Å². The predicted octanol–water partition coefficient (Wildman–Crippen LogP) is 5.85. The molecular weight excluding hydrogens is 380 g/mol. The Bertz CT molecular complexity index is 1330. The largest absolute Gasteiger partial charge is 0.508 e. The van der Waals surface area contributed by atoms with Crippen molar-refractivity contribution >= 4 is 27.3 Å². The molecule has 0 amide bonds. The number of phenolic OH excluding ortho intramolecular Hbond substituents is 1. The molecule has 1 aliphatic carbocycles. The maximum absolute atomic E-state index is 10.0. The molecule has 0 bridgehead atoms. The van der Waals surface area contributed by atoms with Gasteiger partial charge in [-0.1, -0.05) is 30.3 Å². The van der Waals surface area contributed by atoms with Gasteiger partial charge in [0.05, 0.1) is 10.9 Å². The van der Waals surface area contributed by atoms with Crippen LogP contribution in [0.3, 0.4) is 0 Å². The molecule has 5 heteroatoms. The van der Waals surface area contributed by atoms with Crippen LogP contribution in [0.15, 0.2) is 64.0 Å². The van der Waals surface area contributed by atoms with E-state index < -0.39 is 0 Å². The zero-order valence-corrected chi connectivity index (χ0v) is 16.5. The SMILES string of the molecule is N#Cc1c(/N=c2\cc(-c3ccccc3)oc3ccc(O)cc23)sc2c1CCCC2. The average molecular weight is 398 g/mol. The molecule has 5 rings (SSSR count). The molecule has 0 spiro atoms. The van der Waals surface area contributed by atoms with Gasteiger partial charge < -0.3 is 9.52 Å². The number of rotatable bonds is 2. The van der Waals surface area contributed by atoms with Crippen molar-refractivity contribution in [1.29, 1.82) is 5.26 Å². The first kappa shape index (κ1) is 17.7. The molecule has 0 atom stereocenters. The number of thiophene rings is 1. The monoisotopic (exact) mass is 398 g/mol. The van der Waals surface area contributed by atoms with Gasteiger partial charge in [0.2, 0.25) is 0 Å². The average Bonchev–Trinajstić information content (AvgIpc) is 3.11. The minimum absolute atomic E-state index is 0.155. The highest BCUT2D eigenvalue weighted by atomic mass is 32.1. The standard InChI is InChI=1S/C24H18N2O2S/c25-14-19-17-8-4-5-9-23(17)29-24(19)26-20-13-22(15-6-2-1-3-7-15)28-21-11-10-16(27)12-18(20)21/h1-3,6-7,10-13,27H,4-5,8-9H2/b26-20+. The number of benzene rings is 2. The number of nitrogens with zero attached hydrogens (tertiary/aromatic N) is 2. The van der Waals surface area contributed by atoms with Gasteiger partial charge in [0, 0.05) is 21.9 Å². The van der Waals surface area contributed by atoms with Crippen molar-refractivity contribution < 1.29 is 9.52 Å². The van der Waals surface area contributed by atoms with Gasteiger partial charge in [-0.3, -0.25) is 0 Å². The van der Waals surface area contributed by atoms with Gasteiger partial charge in [-0.2, -0.15) is 5.26 Å². The summed E-state index contributed by atoms with van der Waals surface area (Å²) >= 11 is 1.61. The van der Waals surface area contributed by atoms with Crippen LogP contribution < -0.4 is 5.36 Å². The summed E-state index contributed by atoms with van der Waals surface area (Å²) in [6.07, 6.45) is 4.25. The number of aryl methyl sites for hydroxylation is 1. The van der Waals surface area contributed by atoms with E-state index in [-0.39, 0.29) is 5.75 Å². The zero-order valence-electron chi connectivity index (χ0n) is 15.7. The second kappa shape index (κ2) is 7.23. The second-order valence-electron chi connectivity index (χ2n) is 7.16. The molecular formula is C24H18N2O2S. The zero-order chi connectivity index (χ0) is 19.8. The summed E-state index contributed by atoms with van der Waals surface area (Å²) in [5.74, 6) is 0.852. The fourth-order valence-electron chi connectivity index (χ4n) is 3.85. The van der Waals surface area contributed by atoms with Gasteiger partial charge in [-0.15, -0.1) is 11.3 Å². The normalized spacial score (nSPS) is 14.0. The van der Waals surface area contributed by atoms with E-state index in [9.17, 15) is 10.4 Å². The summed E-state index contributed by atoms with van der Waals surface area (Å²) in [6.45, 7) is 0. The summed E-state index contributed by atoms with van der Waals surface area (Å²) in [7, 11) is 0. The van der Waals surface area contributed by atoms with Crippen molar-refractivity contribution in [2.45, 2.75) is 25.7 Å². The van der Waals surface area contributed by atoms with Crippen LogP contribution in [0.2, 0.25) is 0 Å². The van der Waals surface area contributed by atoms with Crippen LogP contribution in [-0.4, -0.2) is 5.11 Å². The van der Waals surface area contributed by atoms with Crippen LogP contribution in [0.25, 0.3) is 22.3 Å². The van der Waals surface area contributed by atoms with Gasteiger partial charge >= 0.3 is 0 Å². The predicted molar refractivity (Wildman–Crippen MR) is 114 cm³/mol. The summed E-state index contributed by atoms with van der Waals surface area (Å²) in [5.41, 5.74) is 3.45. The van der Waals surface area contributed by atoms with Gasteiger partial charge in [0.15, 0.2) is 0 Å². The Morgan fingerprint density at radius 1 is 1.03 bits per heavy atom. The summed E-state index contributed by atoms with van der Waals surface area (Å²) in [4.78, 5) is 6.18. The third-order valence-electron chi connectivity index (χ3n) is 5.27. The van der Waals surface area contributed by atoms with E-state index in [0.717, 1.165) is 41.6 Å². The number of fused-ring (bicyclic) bond motifs is 2. The van der Waals surface area contributed by atoms with Crippen molar-refractivity contribution in [2.75, 3.05) is 0 Å². The van der Waals surface area contributed by atoms with Crippen LogP contribution in [0.1, 0.15) is 28.8 Å². The molecule has 0 saturated heterocycles. The molecule has 0 radical (unpaired) electrons. The van der Waals surface area contributed by atoms with Crippen LogP contribution in [0, 0.1) is 11.3 Å². The Morgan fingerprint density at radius 3 is 2.69 bits per heavy atom. The van der Waals surface area contributed by atoms with E-state index >= 15 is 0 Å². The van der Waals surface area contributed by atoms with Crippen LogP contribution in [0.5, 0.6) is 5.75 Å². The fraction of sp³-hybridized carbons (Fsp3) is 0.167. The van der Waals surface area contributed by atoms with Crippen LogP contribution in [0.4, 0.5) is 5.00 Å². The van der Waals surface area contributed by atoms with Gasteiger partial charge in [0.25, 0.3) is 0 Å². The highest BCUT2D eigenvalue weighted by molar-refractivity contribution is 7.16. The lowest BCUT2D eigenvalue weighted by Gasteiger charge is -2.09. The molecule has 2 heterocycles. The quantitative estimate of drug-likeness (QED) is 0.460. The first-order valence-electron chi connectivity index (χ1n) is 9.64. The van der Waals surface area contributed by atoms with E-state index in [1.807, 2.05) is 36.4 Å².